The third-order valence-electron chi connectivity index (χ3n) is 0.663. The second-order valence-corrected chi connectivity index (χ2v) is 2.58. The van der Waals surface area contributed by atoms with Crippen molar-refractivity contribution in [3.8, 4) is 0 Å². The molecule has 5 nitrogen and oxygen atoms in total. The summed E-state index contributed by atoms with van der Waals surface area (Å²) in [5.74, 6) is -0.450. The molecule has 0 radical (unpaired) electrons. The summed E-state index contributed by atoms with van der Waals surface area (Å²) in [5.41, 5.74) is 5.11. The van der Waals surface area contributed by atoms with Gasteiger partial charge < -0.3 is 19.8 Å². The molecule has 0 bridgehead atoms. The Balaban J connectivity index is 0. The number of rotatable bonds is 3. The van der Waals surface area contributed by atoms with Crippen molar-refractivity contribution in [1.29, 1.82) is 4.78 Å². The molecule has 0 unspecified atom stereocenters. The van der Waals surface area contributed by atoms with Crippen molar-refractivity contribution in [2.45, 2.75) is 6.04 Å². The molecule has 0 aromatic carbocycles. The van der Waals surface area contributed by atoms with E-state index in [2.05, 4.69) is 0 Å². The summed E-state index contributed by atoms with van der Waals surface area (Å²) in [4.78, 5) is 9.95. The van der Waals surface area contributed by atoms with E-state index in [1.807, 2.05) is 6.26 Å². The van der Waals surface area contributed by atoms with Crippen LogP contribution in [0.4, 0.5) is 0 Å². The summed E-state index contributed by atoms with van der Waals surface area (Å²) < 4.78 is 14.2. The van der Waals surface area contributed by atoms with Crippen molar-refractivity contribution in [3.05, 3.63) is 0 Å². The average Bonchev–Trinajstić information content (AvgIpc) is 1.90. The lowest BCUT2D eigenvalue weighted by atomic mass is 10.4. The third-order valence-corrected chi connectivity index (χ3v) is 1.36. The lowest BCUT2D eigenvalue weighted by molar-refractivity contribution is -0.137. The third kappa shape index (κ3) is 12.8. The van der Waals surface area contributed by atoms with Gasteiger partial charge in [0.15, 0.2) is 0 Å². The zero-order valence-electron chi connectivity index (χ0n) is 5.98. The van der Waals surface area contributed by atoms with Gasteiger partial charge in [0.1, 0.15) is 6.04 Å². The maximum absolute atomic E-state index is 9.95. The van der Waals surface area contributed by atoms with Gasteiger partial charge in [-0.15, -0.1) is 0 Å². The molecule has 7 heteroatoms. The van der Waals surface area contributed by atoms with Crippen LogP contribution in [0, 0.1) is 4.78 Å². The molecule has 0 aliphatic heterocycles. The number of carboxylic acids is 1. The second kappa shape index (κ2) is 9.73. The van der Waals surface area contributed by atoms with Crippen molar-refractivity contribution < 1.29 is 14.1 Å². The maximum atomic E-state index is 9.95. The smallest absolute Gasteiger partial charge is 0.321 e. The lowest BCUT2D eigenvalue weighted by Gasteiger charge is -2.00. The summed E-state index contributed by atoms with van der Waals surface area (Å²) in [7, 11) is 0. The standard InChI is InChI=1S/C4H9NO2S.H2NOS/c1-8-2-3(5)4(6)7;1-3-2/h3H,2,5H2,1H3,(H,6,7);1,3H/q;-1/t3-;/m0./s1. The number of carbonyl (C=O) groups is 1. The van der Waals surface area contributed by atoms with Gasteiger partial charge in [-0.1, -0.05) is 0 Å². The number of thioether (sulfide) groups is 1. The Morgan fingerprint density at radius 2 is 2.27 bits per heavy atom. The van der Waals surface area contributed by atoms with Crippen molar-refractivity contribution in [1.82, 2.24) is 0 Å². The Labute approximate surface area is 72.4 Å². The van der Waals surface area contributed by atoms with Gasteiger partial charge in [0, 0.05) is 5.75 Å². The van der Waals surface area contributed by atoms with Crippen LogP contribution in [0.2, 0.25) is 0 Å². The van der Waals surface area contributed by atoms with Crippen molar-refractivity contribution in [3.63, 3.8) is 0 Å². The Kier molecular flexibility index (Phi) is 11.8. The molecule has 0 aromatic heterocycles. The number of nitrogens with one attached hydrogen (secondary N) is 1. The summed E-state index contributed by atoms with van der Waals surface area (Å²) in [6.45, 7) is 0. The molecule has 0 rings (SSSR count). The van der Waals surface area contributed by atoms with Crippen LogP contribution in [0.25, 0.3) is 0 Å². The first-order valence-electron chi connectivity index (χ1n) is 2.56. The molecule has 0 fully saturated rings. The molecule has 0 saturated heterocycles. The van der Waals surface area contributed by atoms with Gasteiger partial charge in [0.25, 0.3) is 0 Å². The molecule has 68 valence electrons. The summed E-state index contributed by atoms with van der Waals surface area (Å²) in [5, 5.41) is 8.17. The van der Waals surface area contributed by atoms with E-state index < -0.39 is 23.5 Å². The molecule has 0 aliphatic carbocycles. The van der Waals surface area contributed by atoms with E-state index in [1.165, 1.54) is 11.8 Å². The minimum absolute atomic E-state index is 0.481. The molecular weight excluding hydrogens is 188 g/mol. The zero-order valence-corrected chi connectivity index (χ0v) is 7.69. The average molecular weight is 199 g/mol. The van der Waals surface area contributed by atoms with E-state index in [4.69, 9.17) is 19.8 Å². The Bertz CT molecular complexity index is 146. The SMILES string of the molecule is CSC[C@H](N)C(=O)O.N=[SH-]=O. The molecule has 0 aromatic rings. The van der Waals surface area contributed by atoms with Crippen LogP contribution >= 0.6 is 11.8 Å². The molecule has 11 heavy (non-hydrogen) atoms. The number of thiol groups is 1. The minimum atomic E-state index is -0.931. The molecule has 0 spiro atoms. The molecule has 0 amide bonds. The van der Waals surface area contributed by atoms with E-state index in [0.717, 1.165) is 0 Å². The highest BCUT2D eigenvalue weighted by Crippen LogP contribution is 1.93. The number of hydrogen-bond donors (Lipinski definition) is 3. The molecule has 0 aliphatic rings. The number of carboxylic acid groups (broad SMARTS) is 1. The van der Waals surface area contributed by atoms with Crippen LogP contribution in [-0.4, -0.2) is 29.1 Å². The Morgan fingerprint density at radius 1 is 1.91 bits per heavy atom. The van der Waals surface area contributed by atoms with Crippen LogP contribution < -0.4 is 5.73 Å². The molecular formula is C4H11N2O3S2-. The van der Waals surface area contributed by atoms with E-state index in [1.54, 1.807) is 0 Å². The van der Waals surface area contributed by atoms with Gasteiger partial charge >= 0.3 is 5.97 Å². The number of hydrogen-bond acceptors (Lipinski definition) is 6. The Morgan fingerprint density at radius 3 is 2.36 bits per heavy atom. The fraction of sp³-hybridized carbons (Fsp3) is 0.750. The summed E-state index contributed by atoms with van der Waals surface area (Å²) in [6.07, 6.45) is 1.82. The molecule has 1 atom stereocenters. The van der Waals surface area contributed by atoms with E-state index in [0.29, 0.717) is 5.75 Å². The van der Waals surface area contributed by atoms with Gasteiger partial charge in [-0.2, -0.15) is 11.8 Å². The lowest BCUT2D eigenvalue weighted by Crippen LogP contribution is -2.32. The summed E-state index contributed by atoms with van der Waals surface area (Å²) >= 11 is 0.849. The summed E-state index contributed by atoms with van der Waals surface area (Å²) in [6, 6.07) is -0.704. The number of aliphatic carboxylic acids is 1. The quantitative estimate of drug-likeness (QED) is 0.426. The minimum Gasteiger partial charge on any atom is -0.480 e. The molecule has 0 heterocycles. The van der Waals surface area contributed by atoms with Crippen molar-refractivity contribution >= 4 is 29.2 Å². The van der Waals surface area contributed by atoms with Gasteiger partial charge in [-0.3, -0.25) is 4.79 Å². The fourth-order valence-electron chi connectivity index (χ4n) is 0.251. The first-order valence-corrected chi connectivity index (χ1v) is 4.77. The van der Waals surface area contributed by atoms with E-state index in [-0.39, 0.29) is 0 Å². The van der Waals surface area contributed by atoms with Crippen LogP contribution in [0.15, 0.2) is 0 Å². The zero-order chi connectivity index (χ0) is 9.28. The fourth-order valence-corrected chi connectivity index (χ4v) is 0.753. The van der Waals surface area contributed by atoms with E-state index >= 15 is 0 Å². The van der Waals surface area contributed by atoms with Crippen LogP contribution in [0.5, 0.6) is 0 Å². The maximum Gasteiger partial charge on any atom is 0.321 e. The van der Waals surface area contributed by atoms with Gasteiger partial charge in [-0.25, -0.2) is 11.5 Å². The Hall–Kier alpha value is -0.270. The normalized spacial score (nSPS) is 11.1. The predicted molar refractivity (Wildman–Crippen MR) is 46.2 cm³/mol. The van der Waals surface area contributed by atoms with Crippen molar-refractivity contribution in [2.24, 2.45) is 5.73 Å². The van der Waals surface area contributed by atoms with Gasteiger partial charge in [0.05, 0.1) is 0 Å². The van der Waals surface area contributed by atoms with Crippen LogP contribution in [0.3, 0.4) is 0 Å². The molecule has 4 N–H and O–H groups in total. The van der Waals surface area contributed by atoms with Crippen LogP contribution in [0.1, 0.15) is 0 Å². The highest BCUT2D eigenvalue weighted by molar-refractivity contribution is 7.98. The monoisotopic (exact) mass is 199 g/mol. The topological polar surface area (TPSA) is 104 Å². The van der Waals surface area contributed by atoms with Gasteiger partial charge in [0.2, 0.25) is 0 Å². The van der Waals surface area contributed by atoms with Crippen molar-refractivity contribution in [2.75, 3.05) is 12.0 Å². The second-order valence-electron chi connectivity index (χ2n) is 1.49. The first kappa shape index (κ1) is 13.3. The highest BCUT2D eigenvalue weighted by atomic mass is 32.2. The highest BCUT2D eigenvalue weighted by Gasteiger charge is 2.08. The largest absolute Gasteiger partial charge is 0.480 e. The number of nitrogens with two attached hydrogens (primary N) is 1. The molecule has 0 saturated carbocycles. The van der Waals surface area contributed by atoms with Crippen LogP contribution in [-0.2, 0) is 20.5 Å². The van der Waals surface area contributed by atoms with Gasteiger partial charge in [-0.05, 0) is 6.26 Å². The first-order chi connectivity index (χ1) is 5.09. The van der Waals surface area contributed by atoms with E-state index in [9.17, 15) is 4.79 Å². The predicted octanol–water partition coefficient (Wildman–Crippen LogP) is -0.330.